The van der Waals surface area contributed by atoms with Gasteiger partial charge in [-0.05, 0) is 24.6 Å². The van der Waals surface area contributed by atoms with E-state index in [1.165, 1.54) is 16.4 Å². The number of sulfonamides is 1. The Morgan fingerprint density at radius 2 is 2.25 bits per heavy atom. The van der Waals surface area contributed by atoms with Crippen molar-refractivity contribution in [3.05, 3.63) is 22.7 Å². The van der Waals surface area contributed by atoms with Gasteiger partial charge in [-0.1, -0.05) is 11.6 Å². The van der Waals surface area contributed by atoms with E-state index in [0.717, 1.165) is 5.56 Å². The number of rotatable bonds is 3. The summed E-state index contributed by atoms with van der Waals surface area (Å²) in [4.78, 5) is -0.0131. The first kappa shape index (κ1) is 15.5. The molecule has 1 saturated heterocycles. The van der Waals surface area contributed by atoms with Gasteiger partial charge in [-0.3, -0.25) is 0 Å². The molecule has 1 unspecified atom stereocenters. The molecule has 0 saturated carbocycles. The molecule has 1 fully saturated rings. The van der Waals surface area contributed by atoms with Crippen LogP contribution in [0.5, 0.6) is 0 Å². The number of aliphatic hydroxyl groups is 1. The molecule has 1 aromatic carbocycles. The third-order valence-electron chi connectivity index (χ3n) is 3.24. The largest absolute Gasteiger partial charge is 0.398 e. The Hall–Kier alpha value is -0.860. The van der Waals surface area contributed by atoms with Crippen LogP contribution in [0.15, 0.2) is 17.0 Å². The molecule has 0 spiro atoms. The molecule has 1 heterocycles. The molecule has 1 aromatic rings. The van der Waals surface area contributed by atoms with Gasteiger partial charge in [0.15, 0.2) is 0 Å². The summed E-state index contributed by atoms with van der Waals surface area (Å²) in [6, 6.07) is 2.91. The average molecular weight is 321 g/mol. The summed E-state index contributed by atoms with van der Waals surface area (Å²) in [5.74, 6) is 0. The molecule has 6 nitrogen and oxygen atoms in total. The van der Waals surface area contributed by atoms with Crippen LogP contribution in [0.3, 0.4) is 0 Å². The van der Waals surface area contributed by atoms with Crippen LogP contribution in [0.4, 0.5) is 5.69 Å². The minimum atomic E-state index is -3.74. The van der Waals surface area contributed by atoms with E-state index in [1.54, 1.807) is 6.92 Å². The summed E-state index contributed by atoms with van der Waals surface area (Å²) < 4.78 is 31.7. The Labute approximate surface area is 123 Å². The summed E-state index contributed by atoms with van der Waals surface area (Å²) in [5.41, 5.74) is 6.86. The van der Waals surface area contributed by atoms with E-state index < -0.39 is 16.1 Å². The van der Waals surface area contributed by atoms with E-state index in [-0.39, 0.29) is 36.2 Å². The van der Waals surface area contributed by atoms with Crippen LogP contribution in [0.1, 0.15) is 5.56 Å². The minimum Gasteiger partial charge on any atom is -0.398 e. The van der Waals surface area contributed by atoms with E-state index in [4.69, 9.17) is 27.2 Å². The number of hydrogen-bond acceptors (Lipinski definition) is 5. The highest BCUT2D eigenvalue weighted by Gasteiger charge is 2.32. The van der Waals surface area contributed by atoms with Crippen LogP contribution < -0.4 is 5.73 Å². The highest BCUT2D eigenvalue weighted by molar-refractivity contribution is 7.89. The number of benzene rings is 1. The second-order valence-corrected chi connectivity index (χ2v) is 6.99. The lowest BCUT2D eigenvalue weighted by atomic mass is 10.2. The van der Waals surface area contributed by atoms with E-state index in [2.05, 4.69) is 0 Å². The molecule has 8 heteroatoms. The lowest BCUT2D eigenvalue weighted by Gasteiger charge is -2.31. The number of nitrogens with two attached hydrogens (primary N) is 1. The molecule has 0 radical (unpaired) electrons. The first-order valence-electron chi connectivity index (χ1n) is 6.14. The molecule has 1 atom stereocenters. The van der Waals surface area contributed by atoms with E-state index >= 15 is 0 Å². The van der Waals surface area contributed by atoms with Crippen LogP contribution in [-0.2, 0) is 14.8 Å². The highest BCUT2D eigenvalue weighted by atomic mass is 35.5. The maximum absolute atomic E-state index is 12.6. The first-order chi connectivity index (χ1) is 9.36. The number of aryl methyl sites for hydroxylation is 1. The van der Waals surface area contributed by atoms with Crippen molar-refractivity contribution in [3.8, 4) is 0 Å². The van der Waals surface area contributed by atoms with Crippen LogP contribution in [0.2, 0.25) is 5.02 Å². The second kappa shape index (κ2) is 5.87. The molecule has 1 aliphatic heterocycles. The molecule has 20 heavy (non-hydrogen) atoms. The predicted octanol–water partition coefficient (Wildman–Crippen LogP) is 0.612. The summed E-state index contributed by atoms with van der Waals surface area (Å²) in [7, 11) is -3.74. The number of nitrogen functional groups attached to an aromatic ring is 1. The Morgan fingerprint density at radius 1 is 1.55 bits per heavy atom. The normalized spacial score (nSPS) is 21.1. The van der Waals surface area contributed by atoms with Crippen LogP contribution in [-0.4, -0.2) is 50.2 Å². The number of ether oxygens (including phenoxy) is 1. The van der Waals surface area contributed by atoms with Crippen molar-refractivity contribution >= 4 is 27.3 Å². The first-order valence-corrected chi connectivity index (χ1v) is 7.96. The molecule has 1 aliphatic rings. The van der Waals surface area contributed by atoms with E-state index in [1.807, 2.05) is 0 Å². The van der Waals surface area contributed by atoms with Gasteiger partial charge >= 0.3 is 0 Å². The number of halogens is 1. The zero-order valence-corrected chi connectivity index (χ0v) is 12.6. The molecule has 3 N–H and O–H groups in total. The Morgan fingerprint density at radius 3 is 2.90 bits per heavy atom. The van der Waals surface area contributed by atoms with Crippen molar-refractivity contribution in [1.29, 1.82) is 0 Å². The number of hydrogen-bond donors (Lipinski definition) is 2. The molecule has 0 aromatic heterocycles. The van der Waals surface area contributed by atoms with Gasteiger partial charge < -0.3 is 15.6 Å². The lowest BCUT2D eigenvalue weighted by molar-refractivity contribution is -0.0304. The Kier molecular flexibility index (Phi) is 4.55. The van der Waals surface area contributed by atoms with Gasteiger partial charge in [-0.15, -0.1) is 0 Å². The van der Waals surface area contributed by atoms with Crippen molar-refractivity contribution in [2.24, 2.45) is 0 Å². The molecule has 112 valence electrons. The zero-order chi connectivity index (χ0) is 14.9. The summed E-state index contributed by atoms with van der Waals surface area (Å²) in [6.07, 6.45) is -0.514. The number of nitrogens with zero attached hydrogens (tertiary/aromatic N) is 1. The third-order valence-corrected chi connectivity index (χ3v) is 5.57. The van der Waals surface area contributed by atoms with Crippen molar-refractivity contribution in [2.75, 3.05) is 32.0 Å². The molecule has 2 rings (SSSR count). The topological polar surface area (TPSA) is 92.9 Å². The fourth-order valence-corrected chi connectivity index (χ4v) is 4.07. The van der Waals surface area contributed by atoms with Crippen molar-refractivity contribution in [2.45, 2.75) is 17.9 Å². The predicted molar refractivity (Wildman–Crippen MR) is 76.2 cm³/mol. The fourth-order valence-electron chi connectivity index (χ4n) is 2.03. The molecular weight excluding hydrogens is 304 g/mol. The van der Waals surface area contributed by atoms with Crippen LogP contribution in [0.25, 0.3) is 0 Å². The van der Waals surface area contributed by atoms with Gasteiger partial charge in [0.2, 0.25) is 10.0 Å². The maximum atomic E-state index is 12.6. The maximum Gasteiger partial charge on any atom is 0.244 e. The van der Waals surface area contributed by atoms with Gasteiger partial charge in [0, 0.05) is 18.8 Å². The number of morpholine rings is 1. The molecule has 0 amide bonds. The standard InChI is InChI=1S/C12H17ClN2O4S/c1-8-4-10(13)12(5-11(8)14)20(17,18)15-2-3-19-9(6-15)7-16/h4-5,9,16H,2-3,6-7,14H2,1H3. The van der Waals surface area contributed by atoms with Gasteiger partial charge in [0.1, 0.15) is 4.90 Å². The molecule has 0 aliphatic carbocycles. The summed E-state index contributed by atoms with van der Waals surface area (Å²) in [5, 5.41) is 9.23. The summed E-state index contributed by atoms with van der Waals surface area (Å²) >= 11 is 6.03. The highest BCUT2D eigenvalue weighted by Crippen LogP contribution is 2.29. The lowest BCUT2D eigenvalue weighted by Crippen LogP contribution is -2.46. The van der Waals surface area contributed by atoms with Gasteiger partial charge in [-0.2, -0.15) is 4.31 Å². The summed E-state index contributed by atoms with van der Waals surface area (Å²) in [6.45, 7) is 2.10. The Bertz CT molecular complexity index is 606. The average Bonchev–Trinajstić information content (AvgIpc) is 2.42. The van der Waals surface area contributed by atoms with Crippen molar-refractivity contribution in [3.63, 3.8) is 0 Å². The van der Waals surface area contributed by atoms with Crippen molar-refractivity contribution in [1.82, 2.24) is 4.31 Å². The fraction of sp³-hybridized carbons (Fsp3) is 0.500. The van der Waals surface area contributed by atoms with Crippen LogP contribution >= 0.6 is 11.6 Å². The SMILES string of the molecule is Cc1cc(Cl)c(S(=O)(=O)N2CCOC(CO)C2)cc1N. The van der Waals surface area contributed by atoms with Gasteiger partial charge in [0.25, 0.3) is 0 Å². The number of anilines is 1. The zero-order valence-electron chi connectivity index (χ0n) is 11.0. The molecular formula is C12H17ClN2O4S. The second-order valence-electron chi connectivity index (χ2n) is 4.68. The monoisotopic (exact) mass is 320 g/mol. The Balaban J connectivity index is 2.37. The number of aliphatic hydroxyl groups excluding tert-OH is 1. The van der Waals surface area contributed by atoms with E-state index in [0.29, 0.717) is 5.69 Å². The van der Waals surface area contributed by atoms with Crippen LogP contribution in [0, 0.1) is 6.92 Å². The smallest absolute Gasteiger partial charge is 0.244 e. The minimum absolute atomic E-state index is 0.0131. The van der Waals surface area contributed by atoms with Gasteiger partial charge in [-0.25, -0.2) is 8.42 Å². The van der Waals surface area contributed by atoms with Gasteiger partial charge in [0.05, 0.1) is 24.3 Å². The third kappa shape index (κ3) is 2.91. The quantitative estimate of drug-likeness (QED) is 0.796. The van der Waals surface area contributed by atoms with E-state index in [9.17, 15) is 8.42 Å². The van der Waals surface area contributed by atoms with Crippen molar-refractivity contribution < 1.29 is 18.3 Å². The molecule has 0 bridgehead atoms.